The van der Waals surface area contributed by atoms with Crippen molar-refractivity contribution in [3.63, 3.8) is 0 Å². The molecule has 2 saturated carbocycles. The molecule has 2 unspecified atom stereocenters. The second-order valence-corrected chi connectivity index (χ2v) is 12.9. The molecule has 0 spiro atoms. The van der Waals surface area contributed by atoms with Crippen molar-refractivity contribution in [1.82, 2.24) is 25.3 Å². The van der Waals surface area contributed by atoms with Crippen LogP contribution in [-0.2, 0) is 13.2 Å². The molecule has 0 saturated heterocycles. The number of para-hydroxylation sites is 2. The normalized spacial score (nSPS) is 17.0. The van der Waals surface area contributed by atoms with Gasteiger partial charge in [-0.2, -0.15) is 0 Å². The van der Waals surface area contributed by atoms with Gasteiger partial charge in [0.2, 0.25) is 11.8 Å². The fourth-order valence-electron chi connectivity index (χ4n) is 5.37. The van der Waals surface area contributed by atoms with E-state index in [2.05, 4.69) is 31.3 Å². The van der Waals surface area contributed by atoms with E-state index < -0.39 is 18.1 Å². The second kappa shape index (κ2) is 16.0. The van der Waals surface area contributed by atoms with Crippen molar-refractivity contribution in [1.29, 1.82) is 0 Å². The number of aromatic nitrogens is 4. The minimum Gasteiger partial charge on any atom is -0.482 e. The van der Waals surface area contributed by atoms with E-state index >= 15 is 0 Å². The molecule has 2 amide bonds. The van der Waals surface area contributed by atoms with E-state index in [4.69, 9.17) is 34.3 Å². The van der Waals surface area contributed by atoms with Crippen LogP contribution in [0.5, 0.6) is 11.5 Å². The molecule has 2 atom stereocenters. The SMILES string of the molecule is Cc1cnc2c(OCc3nc(C(=O)NC4(C)CC4)co3)cccc2c1.NC(=O)c1coc(COc2cccc3cccnc23)n1.OC1CCCC1O. The second-order valence-electron chi connectivity index (χ2n) is 12.9. The summed E-state index contributed by atoms with van der Waals surface area (Å²) in [4.78, 5) is 39.9. The van der Waals surface area contributed by atoms with Gasteiger partial charge in [-0.1, -0.05) is 30.3 Å². The van der Waals surface area contributed by atoms with Crippen LogP contribution in [0.2, 0.25) is 0 Å². The Bertz CT molecular complexity index is 2150. The fraction of sp³-hybridized carbons (Fsp3) is 0.316. The van der Waals surface area contributed by atoms with E-state index in [1.54, 1.807) is 12.4 Å². The lowest BCUT2D eigenvalue weighted by atomic mass is 10.1. The highest BCUT2D eigenvalue weighted by atomic mass is 16.5. The number of ether oxygens (including phenoxy) is 2. The standard InChI is InChI=1S/C19H19N3O3.C14H11N3O3.C5H10O2/c1-12-8-13-4-3-5-15(17(13)20-9-12)24-11-16-21-14(10-25-16)18(23)22-19(2)6-7-19;15-14(18)10-7-20-12(17-10)8-19-11-5-1-3-9-4-2-6-16-13(9)11;6-4-2-1-3-5(4)7/h3-5,8-10H,6-7,11H2,1-2H3,(H,22,23);1-7H,8H2,(H2,15,18);4-7H,1-3H2. The third-order valence-corrected chi connectivity index (χ3v) is 8.56. The molecule has 52 heavy (non-hydrogen) atoms. The smallest absolute Gasteiger partial charge is 0.273 e. The maximum atomic E-state index is 12.1. The molecule has 6 aromatic rings. The number of aliphatic hydroxyl groups is 2. The number of oxazole rings is 2. The lowest BCUT2D eigenvalue weighted by Crippen LogP contribution is -2.34. The van der Waals surface area contributed by atoms with E-state index in [9.17, 15) is 9.59 Å². The van der Waals surface area contributed by atoms with Gasteiger partial charge in [0.25, 0.3) is 11.8 Å². The Balaban J connectivity index is 0.000000153. The molecule has 2 aliphatic rings. The Hall–Kier alpha value is -5.86. The number of aryl methyl sites for hydroxylation is 1. The zero-order chi connectivity index (χ0) is 36.7. The summed E-state index contributed by atoms with van der Waals surface area (Å²) in [7, 11) is 0. The van der Waals surface area contributed by atoms with E-state index in [-0.39, 0.29) is 41.9 Å². The molecule has 2 fully saturated rings. The highest BCUT2D eigenvalue weighted by molar-refractivity contribution is 5.92. The number of amides is 2. The van der Waals surface area contributed by atoms with Crippen molar-refractivity contribution in [3.8, 4) is 11.5 Å². The molecule has 2 aromatic carbocycles. The lowest BCUT2D eigenvalue weighted by Gasteiger charge is -2.08. The van der Waals surface area contributed by atoms with Crippen LogP contribution < -0.4 is 20.5 Å². The molecule has 0 aliphatic heterocycles. The molecular formula is C38H40N6O8. The Labute approximate surface area is 299 Å². The summed E-state index contributed by atoms with van der Waals surface area (Å²) in [6, 6.07) is 17.3. The average molecular weight is 709 g/mol. The zero-order valence-electron chi connectivity index (χ0n) is 28.8. The van der Waals surface area contributed by atoms with Gasteiger partial charge >= 0.3 is 0 Å². The molecule has 2 aliphatic carbocycles. The first kappa shape index (κ1) is 35.9. The number of primary amides is 1. The van der Waals surface area contributed by atoms with Crippen LogP contribution in [0.15, 0.2) is 88.4 Å². The highest BCUT2D eigenvalue weighted by Gasteiger charge is 2.39. The van der Waals surface area contributed by atoms with Crippen LogP contribution in [0.1, 0.15) is 77.3 Å². The number of nitrogens with zero attached hydrogens (tertiary/aromatic N) is 4. The van der Waals surface area contributed by atoms with Crippen LogP contribution in [0.25, 0.3) is 21.8 Å². The number of carbonyl (C=O) groups excluding carboxylic acids is 2. The van der Waals surface area contributed by atoms with Gasteiger partial charge < -0.3 is 39.6 Å². The predicted molar refractivity (Wildman–Crippen MR) is 189 cm³/mol. The van der Waals surface area contributed by atoms with Gasteiger partial charge in [-0.3, -0.25) is 19.6 Å². The van der Waals surface area contributed by atoms with Crippen molar-refractivity contribution in [2.45, 2.75) is 76.9 Å². The van der Waals surface area contributed by atoms with Crippen molar-refractivity contribution in [3.05, 3.63) is 108 Å². The van der Waals surface area contributed by atoms with Crippen LogP contribution in [0, 0.1) is 6.92 Å². The van der Waals surface area contributed by atoms with Gasteiger partial charge in [0, 0.05) is 28.7 Å². The molecule has 0 bridgehead atoms. The van der Waals surface area contributed by atoms with E-state index in [1.165, 1.54) is 12.5 Å². The molecule has 14 heteroatoms. The Morgan fingerprint density at radius 3 is 2.02 bits per heavy atom. The quantitative estimate of drug-likeness (QED) is 0.153. The minimum atomic E-state index is -0.633. The number of nitrogens with one attached hydrogen (secondary N) is 1. The van der Waals surface area contributed by atoms with Crippen LogP contribution in [-0.4, -0.2) is 59.7 Å². The lowest BCUT2D eigenvalue weighted by molar-refractivity contribution is 0.0438. The van der Waals surface area contributed by atoms with Gasteiger partial charge in [-0.05, 0) is 75.8 Å². The van der Waals surface area contributed by atoms with Crippen molar-refractivity contribution >= 4 is 33.6 Å². The Kier molecular flexibility index (Phi) is 11.1. The number of pyridine rings is 2. The number of carbonyl (C=O) groups is 2. The molecule has 270 valence electrons. The van der Waals surface area contributed by atoms with Crippen LogP contribution in [0.3, 0.4) is 0 Å². The van der Waals surface area contributed by atoms with Gasteiger partial charge in [0.15, 0.2) is 24.6 Å². The fourth-order valence-corrected chi connectivity index (χ4v) is 5.37. The topological polar surface area (TPSA) is 209 Å². The number of rotatable bonds is 9. The molecule has 4 heterocycles. The molecule has 14 nitrogen and oxygen atoms in total. The largest absolute Gasteiger partial charge is 0.482 e. The van der Waals surface area contributed by atoms with Crippen LogP contribution >= 0.6 is 0 Å². The molecule has 5 N–H and O–H groups in total. The third kappa shape index (κ3) is 9.27. The zero-order valence-corrected chi connectivity index (χ0v) is 28.8. The summed E-state index contributed by atoms with van der Waals surface area (Å²) in [5.41, 5.74) is 8.02. The summed E-state index contributed by atoms with van der Waals surface area (Å²) in [5.74, 6) is 1.08. The summed E-state index contributed by atoms with van der Waals surface area (Å²) in [5, 5.41) is 22.4. The van der Waals surface area contributed by atoms with Crippen molar-refractivity contribution in [2.75, 3.05) is 0 Å². The first-order valence-corrected chi connectivity index (χ1v) is 16.9. The maximum absolute atomic E-state index is 12.1. The Morgan fingerprint density at radius 2 is 1.44 bits per heavy atom. The highest BCUT2D eigenvalue weighted by Crippen LogP contribution is 2.34. The predicted octanol–water partition coefficient (Wildman–Crippen LogP) is 5.19. The summed E-state index contributed by atoms with van der Waals surface area (Å²) in [6.45, 7) is 4.26. The molecular weight excluding hydrogens is 668 g/mol. The number of hydrogen-bond donors (Lipinski definition) is 4. The van der Waals surface area contributed by atoms with Crippen LogP contribution in [0.4, 0.5) is 0 Å². The summed E-state index contributed by atoms with van der Waals surface area (Å²) < 4.78 is 21.9. The number of hydrogen-bond acceptors (Lipinski definition) is 12. The first-order valence-electron chi connectivity index (χ1n) is 16.9. The number of nitrogens with two attached hydrogens (primary N) is 1. The first-order chi connectivity index (χ1) is 25.1. The van der Waals surface area contributed by atoms with Crippen molar-refractivity contribution in [2.24, 2.45) is 5.73 Å². The van der Waals surface area contributed by atoms with Crippen molar-refractivity contribution < 1.29 is 38.1 Å². The molecule has 4 aromatic heterocycles. The van der Waals surface area contributed by atoms with E-state index in [1.807, 2.05) is 62.4 Å². The summed E-state index contributed by atoms with van der Waals surface area (Å²) in [6.07, 6.45) is 9.75. The monoisotopic (exact) mass is 708 g/mol. The van der Waals surface area contributed by atoms with Gasteiger partial charge in [-0.25, -0.2) is 9.97 Å². The minimum absolute atomic E-state index is 0.0830. The molecule has 0 radical (unpaired) electrons. The number of aliphatic hydroxyl groups excluding tert-OH is 2. The Morgan fingerprint density at radius 1 is 0.865 bits per heavy atom. The van der Waals surface area contributed by atoms with E-state index in [0.717, 1.165) is 59.5 Å². The third-order valence-electron chi connectivity index (χ3n) is 8.56. The van der Waals surface area contributed by atoms with Gasteiger partial charge in [0.1, 0.15) is 35.1 Å². The molecule has 8 rings (SSSR count). The van der Waals surface area contributed by atoms with Gasteiger partial charge in [-0.15, -0.1) is 0 Å². The van der Waals surface area contributed by atoms with Gasteiger partial charge in [0.05, 0.1) is 12.2 Å². The van der Waals surface area contributed by atoms with E-state index in [0.29, 0.717) is 17.4 Å². The average Bonchev–Trinajstić information content (AvgIpc) is 3.52. The summed E-state index contributed by atoms with van der Waals surface area (Å²) >= 11 is 0. The number of benzene rings is 2. The number of fused-ring (bicyclic) bond motifs is 2. The maximum Gasteiger partial charge on any atom is 0.273 e.